The lowest BCUT2D eigenvalue weighted by Gasteiger charge is -2.16. The summed E-state index contributed by atoms with van der Waals surface area (Å²) in [7, 11) is 0. The largest absolute Gasteiger partial charge is 0.492 e. The predicted molar refractivity (Wildman–Crippen MR) is 121 cm³/mol. The van der Waals surface area contributed by atoms with Gasteiger partial charge in [-0.25, -0.2) is 0 Å². The summed E-state index contributed by atoms with van der Waals surface area (Å²) in [6.07, 6.45) is -0.352. The van der Waals surface area contributed by atoms with Crippen LogP contribution in [0.4, 0.5) is 13.2 Å². The fraction of sp³-hybridized carbons (Fsp3) is 0.565. The van der Waals surface area contributed by atoms with Crippen molar-refractivity contribution in [1.29, 1.82) is 0 Å². The van der Waals surface area contributed by atoms with Crippen molar-refractivity contribution in [2.45, 2.75) is 58.8 Å². The molecule has 2 aromatic rings. The number of hydrogen-bond acceptors (Lipinski definition) is 5. The van der Waals surface area contributed by atoms with Gasteiger partial charge in [0.05, 0.1) is 11.6 Å². The van der Waals surface area contributed by atoms with Crippen LogP contribution >= 0.6 is 0 Å². The van der Waals surface area contributed by atoms with E-state index < -0.39 is 47.5 Å². The molecule has 2 aliphatic rings. The molecule has 0 bridgehead atoms. The highest BCUT2D eigenvalue weighted by Crippen LogP contribution is 2.33. The van der Waals surface area contributed by atoms with Gasteiger partial charge < -0.3 is 15.3 Å². The lowest BCUT2D eigenvalue weighted by Crippen LogP contribution is -2.36. The molecule has 3 heterocycles. The molecule has 1 saturated heterocycles. The number of halogens is 3. The number of hydrogen-bond donors (Lipinski definition) is 2. The number of alkyl halides is 3. The first-order valence-corrected chi connectivity index (χ1v) is 11.6. The van der Waals surface area contributed by atoms with E-state index in [2.05, 4.69) is 10.4 Å². The van der Waals surface area contributed by atoms with Gasteiger partial charge in [0.1, 0.15) is 5.65 Å². The summed E-state index contributed by atoms with van der Waals surface area (Å²) in [4.78, 5) is 39.7. The molecule has 1 aliphatic heterocycles. The van der Waals surface area contributed by atoms with E-state index in [0.29, 0.717) is 11.3 Å². The van der Waals surface area contributed by atoms with E-state index in [0.717, 1.165) is 28.3 Å². The van der Waals surface area contributed by atoms with Gasteiger partial charge in [-0.15, -0.1) is 0 Å². The molecule has 190 valence electrons. The first-order chi connectivity index (χ1) is 16.4. The van der Waals surface area contributed by atoms with Crippen molar-refractivity contribution in [3.63, 3.8) is 0 Å². The molecule has 9 nitrogen and oxygen atoms in total. The fourth-order valence-electron chi connectivity index (χ4n) is 4.27. The maximum atomic E-state index is 13.3. The standard InChI is InChI=1S/C23H28F3N5O4/c1-12(2)10-30-20-16(6-7-17(32)29-9-8-14(11-29)23(24,25)26)13(3)28-31(20)22(35)18(21(30)34)19(33)27-15-4-5-15/h6-7,12,14-15,35H,4-5,8-11H2,1-3H3,(H,27,33)/b7-6+. The lowest BCUT2D eigenvalue weighted by molar-refractivity contribution is -0.170. The summed E-state index contributed by atoms with van der Waals surface area (Å²) < 4.78 is 41.3. The highest BCUT2D eigenvalue weighted by molar-refractivity contribution is 5.97. The summed E-state index contributed by atoms with van der Waals surface area (Å²) in [5, 5.41) is 17.8. The molecule has 35 heavy (non-hydrogen) atoms. The molecule has 0 aromatic carbocycles. The van der Waals surface area contributed by atoms with Crippen molar-refractivity contribution < 1.29 is 27.9 Å². The minimum Gasteiger partial charge on any atom is -0.492 e. The summed E-state index contributed by atoms with van der Waals surface area (Å²) >= 11 is 0. The minimum absolute atomic E-state index is 0.000592. The number of aromatic nitrogens is 3. The Balaban J connectivity index is 1.73. The molecule has 1 aliphatic carbocycles. The number of amides is 2. The molecule has 2 fully saturated rings. The Labute approximate surface area is 199 Å². The van der Waals surface area contributed by atoms with Crippen LogP contribution < -0.4 is 10.9 Å². The molecule has 2 aromatic heterocycles. The number of likely N-dealkylation sites (tertiary alicyclic amines) is 1. The van der Waals surface area contributed by atoms with E-state index in [1.165, 1.54) is 10.6 Å². The topological polar surface area (TPSA) is 109 Å². The van der Waals surface area contributed by atoms with Crippen LogP contribution in [0.1, 0.15) is 54.7 Å². The first-order valence-electron chi connectivity index (χ1n) is 11.6. The second kappa shape index (κ2) is 9.04. The zero-order valence-electron chi connectivity index (χ0n) is 19.7. The number of aryl methyl sites for hydroxylation is 1. The molecular formula is C23H28F3N5O4. The third kappa shape index (κ3) is 4.92. The molecule has 4 rings (SSSR count). The molecule has 0 radical (unpaired) electrons. The molecule has 2 N–H and O–H groups in total. The predicted octanol–water partition coefficient (Wildman–Crippen LogP) is 2.48. The van der Waals surface area contributed by atoms with Crippen LogP contribution in [-0.4, -0.2) is 61.3 Å². The Morgan fingerprint density at radius 3 is 2.51 bits per heavy atom. The Hall–Kier alpha value is -3.31. The smallest absolute Gasteiger partial charge is 0.393 e. The second-order valence-corrected chi connectivity index (χ2v) is 9.64. The van der Waals surface area contributed by atoms with E-state index in [1.807, 2.05) is 13.8 Å². The van der Waals surface area contributed by atoms with Crippen LogP contribution in [0.2, 0.25) is 0 Å². The van der Waals surface area contributed by atoms with Gasteiger partial charge in [0, 0.05) is 37.3 Å². The number of aromatic hydroxyl groups is 1. The molecule has 1 saturated carbocycles. The van der Waals surface area contributed by atoms with Crippen molar-refractivity contribution >= 4 is 23.5 Å². The number of nitrogens with one attached hydrogen (secondary N) is 1. The summed E-state index contributed by atoms with van der Waals surface area (Å²) in [6.45, 7) is 5.18. The van der Waals surface area contributed by atoms with Gasteiger partial charge in [0.15, 0.2) is 5.56 Å². The van der Waals surface area contributed by atoms with Crippen LogP contribution in [0.15, 0.2) is 10.9 Å². The van der Waals surface area contributed by atoms with Gasteiger partial charge in [-0.1, -0.05) is 13.8 Å². The van der Waals surface area contributed by atoms with Crippen LogP contribution in [0.25, 0.3) is 11.7 Å². The fourth-order valence-corrected chi connectivity index (χ4v) is 4.27. The average molecular weight is 496 g/mol. The van der Waals surface area contributed by atoms with E-state index >= 15 is 0 Å². The van der Waals surface area contributed by atoms with Crippen LogP contribution in [0, 0.1) is 18.8 Å². The van der Waals surface area contributed by atoms with Gasteiger partial charge in [0.2, 0.25) is 11.8 Å². The third-order valence-electron chi connectivity index (χ3n) is 6.26. The van der Waals surface area contributed by atoms with E-state index in [9.17, 15) is 32.7 Å². The number of nitrogens with zero attached hydrogens (tertiary/aromatic N) is 4. The van der Waals surface area contributed by atoms with Crippen molar-refractivity contribution in [3.8, 4) is 5.88 Å². The third-order valence-corrected chi connectivity index (χ3v) is 6.26. The summed E-state index contributed by atoms with van der Waals surface area (Å²) in [5.74, 6) is -3.42. The number of carbonyl (C=O) groups excluding carboxylic acids is 2. The van der Waals surface area contributed by atoms with Crippen molar-refractivity contribution in [3.05, 3.63) is 33.3 Å². The highest BCUT2D eigenvalue weighted by Gasteiger charge is 2.44. The van der Waals surface area contributed by atoms with Crippen LogP contribution in [-0.2, 0) is 11.3 Å². The summed E-state index contributed by atoms with van der Waals surface area (Å²) in [5.41, 5.74) is -0.173. The van der Waals surface area contributed by atoms with Crippen molar-refractivity contribution in [2.75, 3.05) is 13.1 Å². The number of rotatable bonds is 6. The maximum Gasteiger partial charge on any atom is 0.393 e. The molecular weight excluding hydrogens is 467 g/mol. The number of fused-ring (bicyclic) bond motifs is 1. The van der Waals surface area contributed by atoms with E-state index in [4.69, 9.17) is 0 Å². The Morgan fingerprint density at radius 1 is 1.26 bits per heavy atom. The van der Waals surface area contributed by atoms with Gasteiger partial charge >= 0.3 is 6.18 Å². The molecule has 12 heteroatoms. The molecule has 1 atom stereocenters. The molecule has 0 spiro atoms. The van der Waals surface area contributed by atoms with Gasteiger partial charge in [-0.3, -0.25) is 19.0 Å². The Kier molecular flexibility index (Phi) is 6.41. The first kappa shape index (κ1) is 24.8. The number of carbonyl (C=O) groups is 2. The van der Waals surface area contributed by atoms with Gasteiger partial charge in [-0.2, -0.15) is 22.8 Å². The summed E-state index contributed by atoms with van der Waals surface area (Å²) in [6, 6.07) is -0.0260. The monoisotopic (exact) mass is 495 g/mol. The van der Waals surface area contributed by atoms with Crippen molar-refractivity contribution in [2.24, 2.45) is 11.8 Å². The maximum absolute atomic E-state index is 13.3. The molecule has 2 amide bonds. The second-order valence-electron chi connectivity index (χ2n) is 9.64. The van der Waals surface area contributed by atoms with E-state index in [1.54, 1.807) is 6.92 Å². The van der Waals surface area contributed by atoms with Crippen LogP contribution in [0.3, 0.4) is 0 Å². The minimum atomic E-state index is -4.36. The Morgan fingerprint density at radius 2 is 1.94 bits per heavy atom. The van der Waals surface area contributed by atoms with Crippen LogP contribution in [0.5, 0.6) is 5.88 Å². The average Bonchev–Trinajstić information content (AvgIpc) is 3.29. The molecule has 1 unspecified atom stereocenters. The SMILES string of the molecule is Cc1nn2c(O)c(C(=O)NC3CC3)c(=O)n(CC(C)C)c2c1/C=C/C(=O)N1CCC(C(F)(F)F)C1. The Bertz CT molecular complexity index is 1260. The zero-order valence-corrected chi connectivity index (χ0v) is 19.7. The normalized spacial score (nSPS) is 18.8. The lowest BCUT2D eigenvalue weighted by atomic mass is 10.1. The zero-order chi connectivity index (χ0) is 25.7. The highest BCUT2D eigenvalue weighted by atomic mass is 19.4. The van der Waals surface area contributed by atoms with Gasteiger partial charge in [-0.05, 0) is 38.2 Å². The van der Waals surface area contributed by atoms with E-state index in [-0.39, 0.29) is 37.1 Å². The van der Waals surface area contributed by atoms with Crippen molar-refractivity contribution in [1.82, 2.24) is 24.4 Å². The quantitative estimate of drug-likeness (QED) is 0.599. The van der Waals surface area contributed by atoms with Gasteiger partial charge in [0.25, 0.3) is 11.5 Å².